The van der Waals surface area contributed by atoms with Crippen LogP contribution in [0.3, 0.4) is 0 Å². The molecule has 6 aromatic carbocycles. The number of hydrogen-bond donors (Lipinski definition) is 4. The first kappa shape index (κ1) is 80.7. The molecular formula is C78H104N6O16. The van der Waals surface area contributed by atoms with Crippen LogP contribution in [0.1, 0.15) is 106 Å². The smallest absolute Gasteiger partial charge is 0.336 e. The van der Waals surface area contributed by atoms with Crippen LogP contribution < -0.4 is 0 Å². The fourth-order valence-corrected chi connectivity index (χ4v) is 12.9. The number of hydrogen-bond acceptors (Lipinski definition) is 16. The van der Waals surface area contributed by atoms with Crippen molar-refractivity contribution in [1.29, 1.82) is 0 Å². The fraction of sp³-hybridized carbons (Fsp3) is 0.462. The second-order valence-corrected chi connectivity index (χ2v) is 25.9. The summed E-state index contributed by atoms with van der Waals surface area (Å²) in [6.45, 7) is 15.9. The number of carboxylic acids is 3. The first-order valence-corrected chi connectivity index (χ1v) is 34.2. The van der Waals surface area contributed by atoms with Gasteiger partial charge < -0.3 is 49.3 Å². The highest BCUT2D eigenvalue weighted by Gasteiger charge is 2.46. The molecule has 0 aliphatic carbocycles. The van der Waals surface area contributed by atoms with Gasteiger partial charge in [-0.3, -0.25) is 38.5 Å². The summed E-state index contributed by atoms with van der Waals surface area (Å²) in [5.41, 5.74) is 3.23. The Labute approximate surface area is 589 Å². The molecule has 0 radical (unpaired) electrons. The lowest BCUT2D eigenvalue weighted by Gasteiger charge is -2.47. The molecule has 4 N–H and O–H groups in total. The van der Waals surface area contributed by atoms with E-state index < -0.39 is 53.0 Å². The van der Waals surface area contributed by atoms with Gasteiger partial charge in [-0.2, -0.15) is 0 Å². The number of piperidine rings is 3. The molecular weight excluding hydrogens is 1280 g/mol. The Kier molecular flexibility index (Phi) is 34.0. The molecule has 3 saturated heterocycles. The van der Waals surface area contributed by atoms with Crippen molar-refractivity contribution in [3.05, 3.63) is 215 Å². The van der Waals surface area contributed by atoms with E-state index in [0.717, 1.165) is 133 Å². The van der Waals surface area contributed by atoms with Crippen LogP contribution in [0.5, 0.6) is 0 Å². The van der Waals surface area contributed by atoms with Gasteiger partial charge in [0.1, 0.15) is 19.8 Å². The molecule has 542 valence electrons. The summed E-state index contributed by atoms with van der Waals surface area (Å²) in [5.74, 6) is -5.24. The van der Waals surface area contributed by atoms with Gasteiger partial charge in [0.25, 0.3) is 0 Å². The lowest BCUT2D eigenvalue weighted by atomic mass is 9.87. The number of carbonyl (C=O) groups is 6. The summed E-state index contributed by atoms with van der Waals surface area (Å²) in [4.78, 5) is 93.4. The summed E-state index contributed by atoms with van der Waals surface area (Å²) < 4.78 is 16.6. The summed E-state index contributed by atoms with van der Waals surface area (Å²) in [5, 5.41) is 38.6. The first-order chi connectivity index (χ1) is 48.2. The van der Waals surface area contributed by atoms with E-state index in [1.807, 2.05) is 91.0 Å². The maximum atomic E-state index is 12.5. The number of nitrogens with zero attached hydrogens (tertiary/aromatic N) is 6. The Morgan fingerprint density at radius 3 is 0.760 bits per heavy atom. The summed E-state index contributed by atoms with van der Waals surface area (Å²) in [6.07, 6.45) is 5.86. The highest BCUT2D eigenvalue weighted by atomic mass is 16.7. The molecule has 9 rings (SSSR count). The third kappa shape index (κ3) is 26.4. The van der Waals surface area contributed by atoms with Crippen LogP contribution in [-0.2, 0) is 96.6 Å². The third-order valence-corrected chi connectivity index (χ3v) is 18.3. The van der Waals surface area contributed by atoms with E-state index in [1.54, 1.807) is 57.3 Å². The zero-order valence-electron chi connectivity index (χ0n) is 59.1. The molecule has 3 heterocycles. The molecule has 3 amide bonds. The van der Waals surface area contributed by atoms with Crippen molar-refractivity contribution >= 4 is 35.6 Å². The van der Waals surface area contributed by atoms with Crippen molar-refractivity contribution in [1.82, 2.24) is 29.9 Å². The number of likely N-dealkylation sites (tertiary alicyclic amines) is 3. The van der Waals surface area contributed by atoms with Gasteiger partial charge in [-0.25, -0.2) is 20.0 Å². The van der Waals surface area contributed by atoms with E-state index in [2.05, 4.69) is 106 Å². The number of rotatable bonds is 32. The van der Waals surface area contributed by atoms with Crippen LogP contribution in [0.15, 0.2) is 182 Å². The van der Waals surface area contributed by atoms with Crippen LogP contribution in [0.2, 0.25) is 0 Å². The number of carbonyl (C=O) groups excluding carboxylic acids is 3. The first-order valence-electron chi connectivity index (χ1n) is 34.2. The molecule has 0 aromatic heterocycles. The molecule has 100 heavy (non-hydrogen) atoms. The Morgan fingerprint density at radius 1 is 0.370 bits per heavy atom. The topological polar surface area (TPSA) is 258 Å². The van der Waals surface area contributed by atoms with Crippen LogP contribution in [0.25, 0.3) is 0 Å². The van der Waals surface area contributed by atoms with E-state index in [-0.39, 0.29) is 17.7 Å². The maximum absolute atomic E-state index is 12.5. The highest BCUT2D eigenvalue weighted by Crippen LogP contribution is 2.34. The Balaban J connectivity index is 0.000000217. The Bertz CT molecular complexity index is 3010. The zero-order valence-corrected chi connectivity index (χ0v) is 59.1. The normalized spacial score (nSPS) is 15.8. The largest absolute Gasteiger partial charge is 0.481 e. The van der Waals surface area contributed by atoms with Gasteiger partial charge in [-0.1, -0.05) is 182 Å². The van der Waals surface area contributed by atoms with Crippen molar-refractivity contribution in [3.8, 4) is 0 Å². The predicted octanol–water partition coefficient (Wildman–Crippen LogP) is 9.82. The van der Waals surface area contributed by atoms with Crippen LogP contribution in [0, 0.1) is 0 Å². The average Bonchev–Trinajstić information content (AvgIpc) is 0.809. The summed E-state index contributed by atoms with van der Waals surface area (Å²) >= 11 is 0. The molecule has 0 unspecified atom stereocenters. The SMILES string of the molecule is COCC1(N(OCc2ccccc2)C(C)=O)CCN(CCc2ccccc2)CC1.COCC1(N(OCc2ccccc2)C(C)=O)CCN(CCc2ccccc2)CC1.COCC1(N(OCc2ccccc2)C(C)=O)CCN(CCc2ccccc2)CC1.O=C(O)CC(O)(CC(=O)O)C(=O)O. The fourth-order valence-electron chi connectivity index (χ4n) is 12.9. The third-order valence-electron chi connectivity index (χ3n) is 18.3. The Morgan fingerprint density at radius 2 is 0.580 bits per heavy atom. The number of aliphatic carboxylic acids is 3. The number of aliphatic hydroxyl groups is 1. The molecule has 0 spiro atoms. The highest BCUT2D eigenvalue weighted by molar-refractivity contribution is 5.88. The lowest BCUT2D eigenvalue weighted by molar-refractivity contribution is -0.243. The zero-order chi connectivity index (χ0) is 72.2. The van der Waals surface area contributed by atoms with E-state index in [0.29, 0.717) is 39.6 Å². The number of hydroxylamine groups is 6. The second-order valence-electron chi connectivity index (χ2n) is 25.9. The minimum Gasteiger partial charge on any atom is -0.481 e. The van der Waals surface area contributed by atoms with Crippen molar-refractivity contribution < 1.29 is 77.9 Å². The number of methoxy groups -OCH3 is 3. The van der Waals surface area contributed by atoms with Gasteiger partial charge in [-0.05, 0) is 91.2 Å². The molecule has 3 fully saturated rings. The number of carboxylic acid groups (broad SMARTS) is 3. The van der Waals surface area contributed by atoms with E-state index in [4.69, 9.17) is 49.1 Å². The predicted molar refractivity (Wildman–Crippen MR) is 380 cm³/mol. The standard InChI is InChI=1S/3C24H32N2O3.C6H8O7/c3*1-21(27)26(29-19-23-11-7-4-8-12-23)24(20-28-2)14-17-25(18-15-24)16-13-22-9-5-3-6-10-22;7-3(8)1-6(13,5(11)12)2-4(9)10/h3*3-12H,13-20H2,1-2H3;13H,1-2H2,(H,7,8)(H,9,10)(H,11,12). The van der Waals surface area contributed by atoms with Gasteiger partial charge in [0.15, 0.2) is 5.60 Å². The molecule has 6 aromatic rings. The van der Waals surface area contributed by atoms with Gasteiger partial charge in [0, 0.05) is 101 Å². The number of ether oxygens (including phenoxy) is 3. The average molecular weight is 1380 g/mol. The van der Waals surface area contributed by atoms with Gasteiger partial charge >= 0.3 is 17.9 Å². The molecule has 0 bridgehead atoms. The molecule has 0 atom stereocenters. The van der Waals surface area contributed by atoms with E-state index in [1.165, 1.54) is 16.7 Å². The molecule has 3 aliphatic rings. The van der Waals surface area contributed by atoms with Crippen LogP contribution >= 0.6 is 0 Å². The monoisotopic (exact) mass is 1380 g/mol. The van der Waals surface area contributed by atoms with Crippen molar-refractivity contribution in [3.63, 3.8) is 0 Å². The van der Waals surface area contributed by atoms with E-state index in [9.17, 15) is 28.8 Å². The minimum absolute atomic E-state index is 0.0734. The lowest BCUT2D eigenvalue weighted by Crippen LogP contribution is -2.59. The summed E-state index contributed by atoms with van der Waals surface area (Å²) in [6, 6.07) is 61.6. The van der Waals surface area contributed by atoms with Crippen LogP contribution in [0.4, 0.5) is 0 Å². The molecule has 22 heteroatoms. The Hall–Kier alpha value is -8.26. The van der Waals surface area contributed by atoms with Crippen molar-refractivity contribution in [2.24, 2.45) is 0 Å². The molecule has 0 saturated carbocycles. The van der Waals surface area contributed by atoms with Gasteiger partial charge in [0.05, 0.1) is 49.3 Å². The number of benzene rings is 6. The van der Waals surface area contributed by atoms with E-state index >= 15 is 0 Å². The quantitative estimate of drug-likeness (QED) is 0.0286. The van der Waals surface area contributed by atoms with Crippen molar-refractivity contribution in [2.75, 3.05) is 100 Å². The number of amides is 3. The van der Waals surface area contributed by atoms with Gasteiger partial charge in [-0.15, -0.1) is 0 Å². The van der Waals surface area contributed by atoms with Crippen LogP contribution in [-0.4, -0.2) is 208 Å². The van der Waals surface area contributed by atoms with Crippen molar-refractivity contribution in [2.45, 2.75) is 133 Å². The molecule has 22 nitrogen and oxygen atoms in total. The second kappa shape index (κ2) is 42.1. The molecule has 3 aliphatic heterocycles. The maximum Gasteiger partial charge on any atom is 0.336 e. The van der Waals surface area contributed by atoms with Gasteiger partial charge in [0.2, 0.25) is 17.7 Å². The summed E-state index contributed by atoms with van der Waals surface area (Å²) in [7, 11) is 5.08. The minimum atomic E-state index is -2.74.